The highest BCUT2D eigenvalue weighted by molar-refractivity contribution is 5.79. The van der Waals surface area contributed by atoms with Crippen LogP contribution in [0.1, 0.15) is 31.9 Å². The minimum Gasteiger partial charge on any atom is -0.497 e. The van der Waals surface area contributed by atoms with Crippen LogP contribution < -0.4 is 14.8 Å². The number of ether oxygens (including phenoxy) is 2. The van der Waals surface area contributed by atoms with Crippen molar-refractivity contribution in [1.29, 1.82) is 0 Å². The van der Waals surface area contributed by atoms with E-state index in [4.69, 9.17) is 9.47 Å². The molecule has 0 saturated carbocycles. The van der Waals surface area contributed by atoms with Gasteiger partial charge >= 0.3 is 0 Å². The maximum Gasteiger partial charge on any atom is 0.244 e. The van der Waals surface area contributed by atoms with Gasteiger partial charge in [-0.05, 0) is 31.5 Å². The molecule has 0 saturated heterocycles. The first-order valence-corrected chi connectivity index (χ1v) is 9.28. The third-order valence-electron chi connectivity index (χ3n) is 4.81. The maximum atomic E-state index is 12.3. The van der Waals surface area contributed by atoms with Gasteiger partial charge in [-0.15, -0.1) is 0 Å². The number of benzene rings is 1. The van der Waals surface area contributed by atoms with Crippen LogP contribution in [0.25, 0.3) is 0 Å². The summed E-state index contributed by atoms with van der Waals surface area (Å²) in [6.45, 7) is 6.82. The summed E-state index contributed by atoms with van der Waals surface area (Å²) >= 11 is 0. The second kappa shape index (κ2) is 8.85. The lowest BCUT2D eigenvalue weighted by molar-refractivity contribution is -0.124. The van der Waals surface area contributed by atoms with Crippen LogP contribution in [0.3, 0.4) is 0 Å². The molecule has 0 bridgehead atoms. The highest BCUT2D eigenvalue weighted by atomic mass is 16.5. The first kappa shape index (κ1) is 19.2. The molecule has 8 heteroatoms. The summed E-state index contributed by atoms with van der Waals surface area (Å²) < 4.78 is 13.0. The quantitative estimate of drug-likeness (QED) is 0.795. The van der Waals surface area contributed by atoms with E-state index in [9.17, 15) is 4.79 Å². The number of carbonyl (C=O) groups is 1. The lowest BCUT2D eigenvalue weighted by atomic mass is 10.2. The molecule has 1 N–H and O–H groups in total. The Kier molecular flexibility index (Phi) is 6.28. The summed E-state index contributed by atoms with van der Waals surface area (Å²) in [5.74, 6) is 1.66. The smallest absolute Gasteiger partial charge is 0.244 e. The van der Waals surface area contributed by atoms with E-state index in [1.165, 1.54) is 6.33 Å². The van der Waals surface area contributed by atoms with Gasteiger partial charge in [0.05, 0.1) is 7.11 Å². The van der Waals surface area contributed by atoms with E-state index >= 15 is 0 Å². The van der Waals surface area contributed by atoms with Gasteiger partial charge < -0.3 is 14.8 Å². The summed E-state index contributed by atoms with van der Waals surface area (Å²) in [5, 5.41) is 7.00. The molecule has 2 heterocycles. The van der Waals surface area contributed by atoms with E-state index in [2.05, 4.69) is 27.2 Å². The SMILES string of the molecule is CCC1CN(CCNC(=O)C(C)n2cncn2)Cc2cc(OC)ccc2O1. The molecule has 2 unspecified atom stereocenters. The van der Waals surface area contributed by atoms with E-state index in [0.717, 1.165) is 43.1 Å². The Balaban J connectivity index is 1.59. The molecule has 27 heavy (non-hydrogen) atoms. The van der Waals surface area contributed by atoms with Gasteiger partial charge in [-0.25, -0.2) is 9.67 Å². The van der Waals surface area contributed by atoms with Gasteiger partial charge in [-0.2, -0.15) is 5.10 Å². The van der Waals surface area contributed by atoms with E-state index in [0.29, 0.717) is 6.54 Å². The Morgan fingerprint density at radius 3 is 3.04 bits per heavy atom. The monoisotopic (exact) mass is 373 g/mol. The molecule has 2 atom stereocenters. The molecule has 1 aliphatic rings. The van der Waals surface area contributed by atoms with Crippen LogP contribution in [0, 0.1) is 0 Å². The molecule has 0 spiro atoms. The number of methoxy groups -OCH3 is 1. The van der Waals surface area contributed by atoms with E-state index in [1.54, 1.807) is 25.0 Å². The number of hydrogen-bond acceptors (Lipinski definition) is 6. The first-order chi connectivity index (χ1) is 13.1. The fourth-order valence-corrected chi connectivity index (χ4v) is 3.14. The van der Waals surface area contributed by atoms with Crippen LogP contribution >= 0.6 is 0 Å². The van der Waals surface area contributed by atoms with Gasteiger partial charge in [0.1, 0.15) is 36.3 Å². The van der Waals surface area contributed by atoms with Crippen molar-refractivity contribution in [2.45, 2.75) is 39.0 Å². The standard InChI is InChI=1S/C19H27N5O3/c1-4-16-11-23(10-15-9-17(26-3)5-6-18(15)27-16)8-7-21-19(25)14(2)24-13-20-12-22-24/h5-6,9,12-14,16H,4,7-8,10-11H2,1-3H3,(H,21,25). The van der Waals surface area contributed by atoms with Crippen LogP contribution in [0.2, 0.25) is 0 Å². The van der Waals surface area contributed by atoms with Crippen molar-refractivity contribution in [3.05, 3.63) is 36.4 Å². The van der Waals surface area contributed by atoms with Crippen molar-refractivity contribution in [3.8, 4) is 11.5 Å². The molecule has 1 aromatic carbocycles. The molecule has 0 fully saturated rings. The molecule has 1 aromatic heterocycles. The summed E-state index contributed by atoms with van der Waals surface area (Å²) in [7, 11) is 1.66. The Morgan fingerprint density at radius 2 is 2.33 bits per heavy atom. The maximum absolute atomic E-state index is 12.3. The molecule has 146 valence electrons. The Hall–Kier alpha value is -2.61. The predicted molar refractivity (Wildman–Crippen MR) is 101 cm³/mol. The van der Waals surface area contributed by atoms with Gasteiger partial charge in [0.25, 0.3) is 0 Å². The van der Waals surface area contributed by atoms with Crippen LogP contribution in [0.15, 0.2) is 30.9 Å². The first-order valence-electron chi connectivity index (χ1n) is 9.28. The molecular formula is C19H27N5O3. The number of hydrogen-bond donors (Lipinski definition) is 1. The third kappa shape index (κ3) is 4.77. The third-order valence-corrected chi connectivity index (χ3v) is 4.81. The fourth-order valence-electron chi connectivity index (χ4n) is 3.14. The number of carbonyl (C=O) groups excluding carboxylic acids is 1. The largest absolute Gasteiger partial charge is 0.497 e. The minimum absolute atomic E-state index is 0.0688. The lowest BCUT2D eigenvalue weighted by Gasteiger charge is -2.23. The van der Waals surface area contributed by atoms with Crippen molar-refractivity contribution in [1.82, 2.24) is 25.0 Å². The van der Waals surface area contributed by atoms with Crippen molar-refractivity contribution in [2.24, 2.45) is 0 Å². The molecular weight excluding hydrogens is 346 g/mol. The number of fused-ring (bicyclic) bond motifs is 1. The van der Waals surface area contributed by atoms with Crippen LogP contribution in [-0.4, -0.2) is 58.4 Å². The van der Waals surface area contributed by atoms with Gasteiger partial charge in [-0.3, -0.25) is 9.69 Å². The number of amides is 1. The molecule has 0 aliphatic carbocycles. The normalized spacial score (nSPS) is 18.1. The second-order valence-electron chi connectivity index (χ2n) is 6.70. The van der Waals surface area contributed by atoms with Gasteiger partial charge in [0, 0.05) is 31.7 Å². The van der Waals surface area contributed by atoms with E-state index < -0.39 is 0 Å². The number of nitrogens with zero attached hydrogens (tertiary/aromatic N) is 4. The zero-order valence-electron chi connectivity index (χ0n) is 16.1. The molecule has 2 aromatic rings. The van der Waals surface area contributed by atoms with E-state index in [1.807, 2.05) is 18.2 Å². The van der Waals surface area contributed by atoms with Crippen molar-refractivity contribution >= 4 is 5.91 Å². The van der Waals surface area contributed by atoms with Crippen LogP contribution in [0.5, 0.6) is 11.5 Å². The topological polar surface area (TPSA) is 81.5 Å². The number of nitrogens with one attached hydrogen (secondary N) is 1. The van der Waals surface area contributed by atoms with Gasteiger partial charge in [0.2, 0.25) is 5.91 Å². The summed E-state index contributed by atoms with van der Waals surface area (Å²) in [6.07, 6.45) is 4.03. The number of aromatic nitrogens is 3. The predicted octanol–water partition coefficient (Wildman–Crippen LogP) is 1.64. The van der Waals surface area contributed by atoms with Crippen molar-refractivity contribution in [3.63, 3.8) is 0 Å². The fraction of sp³-hybridized carbons (Fsp3) is 0.526. The zero-order chi connectivity index (χ0) is 19.2. The summed E-state index contributed by atoms with van der Waals surface area (Å²) in [6, 6.07) is 5.54. The lowest BCUT2D eigenvalue weighted by Crippen LogP contribution is -2.40. The van der Waals surface area contributed by atoms with Crippen molar-refractivity contribution in [2.75, 3.05) is 26.7 Å². The van der Waals surface area contributed by atoms with E-state index in [-0.39, 0.29) is 18.1 Å². The second-order valence-corrected chi connectivity index (χ2v) is 6.70. The van der Waals surface area contributed by atoms with Gasteiger partial charge in [-0.1, -0.05) is 6.92 Å². The minimum atomic E-state index is -0.381. The van der Waals surface area contributed by atoms with Gasteiger partial charge in [0.15, 0.2) is 0 Å². The Morgan fingerprint density at radius 1 is 1.48 bits per heavy atom. The highest BCUT2D eigenvalue weighted by Gasteiger charge is 2.22. The average Bonchev–Trinajstić information content (AvgIpc) is 3.15. The molecule has 1 amide bonds. The zero-order valence-corrected chi connectivity index (χ0v) is 16.1. The molecule has 1 aliphatic heterocycles. The van der Waals surface area contributed by atoms with Crippen molar-refractivity contribution < 1.29 is 14.3 Å². The molecule has 0 radical (unpaired) electrons. The number of rotatable bonds is 7. The summed E-state index contributed by atoms with van der Waals surface area (Å²) in [4.78, 5) is 18.5. The average molecular weight is 373 g/mol. The van der Waals surface area contributed by atoms with Crippen LogP contribution in [-0.2, 0) is 11.3 Å². The van der Waals surface area contributed by atoms with Crippen LogP contribution in [0.4, 0.5) is 0 Å². The summed E-state index contributed by atoms with van der Waals surface area (Å²) in [5.41, 5.74) is 1.10. The Labute approximate surface area is 159 Å². The highest BCUT2D eigenvalue weighted by Crippen LogP contribution is 2.29. The molecule has 3 rings (SSSR count). The molecule has 8 nitrogen and oxygen atoms in total. The Bertz CT molecular complexity index is 750.